The lowest BCUT2D eigenvalue weighted by Crippen LogP contribution is -2.21. The molecule has 0 fully saturated rings. The van der Waals surface area contributed by atoms with Gasteiger partial charge in [0.1, 0.15) is 0 Å². The first-order chi connectivity index (χ1) is 13.2. The third kappa shape index (κ3) is 4.13. The van der Waals surface area contributed by atoms with Crippen LogP contribution in [-0.2, 0) is 0 Å². The van der Waals surface area contributed by atoms with Crippen molar-refractivity contribution < 1.29 is 0 Å². The first-order valence-electron chi connectivity index (χ1n) is 9.83. The van der Waals surface area contributed by atoms with E-state index in [1.54, 1.807) is 0 Å². The van der Waals surface area contributed by atoms with Gasteiger partial charge in [0, 0.05) is 48.7 Å². The molecule has 5 nitrogen and oxygen atoms in total. The van der Waals surface area contributed by atoms with Crippen molar-refractivity contribution in [2.24, 2.45) is 0 Å². The summed E-state index contributed by atoms with van der Waals surface area (Å²) < 4.78 is 0. The van der Waals surface area contributed by atoms with Gasteiger partial charge in [-0.05, 0) is 76.2 Å². The molecule has 0 saturated heterocycles. The van der Waals surface area contributed by atoms with Crippen molar-refractivity contribution in [3.8, 4) is 22.8 Å². The van der Waals surface area contributed by atoms with Gasteiger partial charge < -0.3 is 9.80 Å². The van der Waals surface area contributed by atoms with Crippen molar-refractivity contribution in [2.45, 2.75) is 27.7 Å². The minimum atomic E-state index is 0.726. The topological polar surface area (TPSA) is 48.1 Å². The predicted octanol–water partition coefficient (Wildman–Crippen LogP) is 4.83. The summed E-state index contributed by atoms with van der Waals surface area (Å²) in [6.07, 6.45) is 0. The number of aromatic nitrogens is 3. The molecule has 0 aliphatic heterocycles. The van der Waals surface area contributed by atoms with Gasteiger partial charge in [-0.3, -0.25) is 5.10 Å². The minimum absolute atomic E-state index is 0.726. The first kappa shape index (κ1) is 19.0. The van der Waals surface area contributed by atoms with Crippen LogP contribution in [0.15, 0.2) is 48.5 Å². The Labute approximate surface area is 162 Å². The number of nitrogens with one attached hydrogen (secondary N) is 1. The number of hydrogen-bond acceptors (Lipinski definition) is 4. The van der Waals surface area contributed by atoms with Gasteiger partial charge in [-0.1, -0.05) is 0 Å². The van der Waals surface area contributed by atoms with Gasteiger partial charge in [0.25, 0.3) is 0 Å². The number of hydrogen-bond donors (Lipinski definition) is 1. The van der Waals surface area contributed by atoms with Crippen LogP contribution in [0.2, 0.25) is 0 Å². The highest BCUT2D eigenvalue weighted by Gasteiger charge is 2.10. The lowest BCUT2D eigenvalue weighted by molar-refractivity contribution is 0.866. The van der Waals surface area contributed by atoms with E-state index in [9.17, 15) is 0 Å². The van der Waals surface area contributed by atoms with Gasteiger partial charge in [0.15, 0.2) is 11.6 Å². The molecule has 0 aliphatic rings. The molecule has 0 saturated carbocycles. The second-order valence-corrected chi connectivity index (χ2v) is 6.45. The van der Waals surface area contributed by atoms with Crippen LogP contribution in [0.3, 0.4) is 0 Å². The maximum Gasteiger partial charge on any atom is 0.181 e. The van der Waals surface area contributed by atoms with Gasteiger partial charge in [-0.2, -0.15) is 5.10 Å². The minimum Gasteiger partial charge on any atom is -0.372 e. The Kier molecular flexibility index (Phi) is 6.12. The lowest BCUT2D eigenvalue weighted by Gasteiger charge is -2.20. The average molecular weight is 364 g/mol. The van der Waals surface area contributed by atoms with Gasteiger partial charge in [0.2, 0.25) is 0 Å². The monoisotopic (exact) mass is 363 g/mol. The number of benzene rings is 2. The molecule has 0 radical (unpaired) electrons. The number of nitrogens with zero attached hydrogens (tertiary/aromatic N) is 4. The quantitative estimate of drug-likeness (QED) is 0.623. The summed E-state index contributed by atoms with van der Waals surface area (Å²) in [5.41, 5.74) is 4.53. The summed E-state index contributed by atoms with van der Waals surface area (Å²) in [6, 6.07) is 16.9. The number of H-pyrrole nitrogens is 1. The molecule has 0 bridgehead atoms. The summed E-state index contributed by atoms with van der Waals surface area (Å²) in [7, 11) is 0. The fourth-order valence-corrected chi connectivity index (χ4v) is 3.35. The molecule has 27 heavy (non-hydrogen) atoms. The fraction of sp³-hybridized carbons (Fsp3) is 0.364. The number of aromatic amines is 1. The zero-order chi connectivity index (χ0) is 19.2. The second kappa shape index (κ2) is 8.71. The van der Waals surface area contributed by atoms with Crippen molar-refractivity contribution in [2.75, 3.05) is 36.0 Å². The smallest absolute Gasteiger partial charge is 0.181 e. The molecule has 0 atom stereocenters. The van der Waals surface area contributed by atoms with Crippen molar-refractivity contribution in [3.05, 3.63) is 48.5 Å². The highest BCUT2D eigenvalue weighted by molar-refractivity contribution is 5.65. The van der Waals surface area contributed by atoms with E-state index in [-0.39, 0.29) is 0 Å². The maximum atomic E-state index is 4.69. The van der Waals surface area contributed by atoms with Crippen molar-refractivity contribution in [1.29, 1.82) is 0 Å². The molecule has 0 spiro atoms. The molecule has 0 unspecified atom stereocenters. The van der Waals surface area contributed by atoms with Crippen molar-refractivity contribution in [3.63, 3.8) is 0 Å². The largest absolute Gasteiger partial charge is 0.372 e. The Morgan fingerprint density at radius 3 is 1.56 bits per heavy atom. The van der Waals surface area contributed by atoms with Gasteiger partial charge in [-0.25, -0.2) is 4.98 Å². The van der Waals surface area contributed by atoms with Crippen LogP contribution >= 0.6 is 0 Å². The van der Waals surface area contributed by atoms with Crippen LogP contribution in [0.4, 0.5) is 11.4 Å². The Hall–Kier alpha value is -2.82. The van der Waals surface area contributed by atoms with Crippen LogP contribution < -0.4 is 9.80 Å². The van der Waals surface area contributed by atoms with Crippen molar-refractivity contribution in [1.82, 2.24) is 15.2 Å². The van der Waals surface area contributed by atoms with E-state index in [2.05, 4.69) is 101 Å². The highest BCUT2D eigenvalue weighted by Crippen LogP contribution is 2.24. The van der Waals surface area contributed by atoms with Crippen LogP contribution in [0.25, 0.3) is 22.8 Å². The standard InChI is InChI=1S/C22H29N5/c1-5-26(6-2)19-13-9-17(10-14-19)21-23-22(25-24-21)18-11-15-20(16-12-18)27(7-3)8-4/h9-16H,5-8H2,1-4H3,(H,23,24,25). The summed E-state index contributed by atoms with van der Waals surface area (Å²) in [4.78, 5) is 9.34. The molecular formula is C22H29N5. The summed E-state index contributed by atoms with van der Waals surface area (Å²) >= 11 is 0. The Bertz CT molecular complexity index is 758. The van der Waals surface area contributed by atoms with E-state index in [0.29, 0.717) is 0 Å². The van der Waals surface area contributed by atoms with Crippen LogP contribution in [0.5, 0.6) is 0 Å². The van der Waals surface area contributed by atoms with Gasteiger partial charge in [-0.15, -0.1) is 0 Å². The lowest BCUT2D eigenvalue weighted by atomic mass is 10.1. The third-order valence-corrected chi connectivity index (χ3v) is 5.01. The van der Waals surface area contributed by atoms with E-state index in [0.717, 1.165) is 49.0 Å². The van der Waals surface area contributed by atoms with Crippen LogP contribution in [0, 0.1) is 0 Å². The van der Waals surface area contributed by atoms with Crippen molar-refractivity contribution >= 4 is 11.4 Å². The Morgan fingerprint density at radius 1 is 0.667 bits per heavy atom. The fourth-order valence-electron chi connectivity index (χ4n) is 3.35. The molecule has 142 valence electrons. The molecule has 1 heterocycles. The van der Waals surface area contributed by atoms with Crippen LogP contribution in [-0.4, -0.2) is 41.4 Å². The van der Waals surface area contributed by atoms with Gasteiger partial charge in [0.05, 0.1) is 0 Å². The Balaban J connectivity index is 1.78. The SMILES string of the molecule is CCN(CC)c1ccc(-c2n[nH]c(-c3ccc(N(CC)CC)cc3)n2)cc1. The zero-order valence-electron chi connectivity index (χ0n) is 16.7. The Morgan fingerprint density at radius 2 is 1.11 bits per heavy atom. The number of anilines is 2. The number of rotatable bonds is 8. The molecule has 5 heteroatoms. The molecule has 1 aromatic heterocycles. The molecule has 2 aromatic carbocycles. The highest BCUT2D eigenvalue weighted by atomic mass is 15.2. The molecular weight excluding hydrogens is 334 g/mol. The maximum absolute atomic E-state index is 4.69. The summed E-state index contributed by atoms with van der Waals surface area (Å²) in [5, 5.41) is 7.48. The molecule has 0 amide bonds. The molecule has 3 aromatic rings. The van der Waals surface area contributed by atoms with E-state index in [4.69, 9.17) is 0 Å². The molecule has 1 N–H and O–H groups in total. The molecule has 0 aliphatic carbocycles. The normalized spacial score (nSPS) is 10.8. The van der Waals surface area contributed by atoms with E-state index in [1.165, 1.54) is 11.4 Å². The average Bonchev–Trinajstić information content (AvgIpc) is 3.21. The molecule has 3 rings (SSSR count). The first-order valence-corrected chi connectivity index (χ1v) is 9.83. The predicted molar refractivity (Wildman–Crippen MR) is 114 cm³/mol. The summed E-state index contributed by atoms with van der Waals surface area (Å²) in [6.45, 7) is 12.7. The van der Waals surface area contributed by atoms with Gasteiger partial charge >= 0.3 is 0 Å². The summed E-state index contributed by atoms with van der Waals surface area (Å²) in [5.74, 6) is 1.52. The van der Waals surface area contributed by atoms with Crippen LogP contribution in [0.1, 0.15) is 27.7 Å². The third-order valence-electron chi connectivity index (χ3n) is 5.01. The van der Waals surface area contributed by atoms with E-state index >= 15 is 0 Å². The zero-order valence-corrected chi connectivity index (χ0v) is 16.7. The van der Waals surface area contributed by atoms with E-state index in [1.807, 2.05) is 0 Å². The van der Waals surface area contributed by atoms with E-state index < -0.39 is 0 Å². The second-order valence-electron chi connectivity index (χ2n) is 6.45.